The number of ether oxygens (including phenoxy) is 3. The zero-order valence-corrected chi connectivity index (χ0v) is 42.9. The van der Waals surface area contributed by atoms with Crippen LogP contribution in [-0.4, -0.2) is 43.3 Å². The summed E-state index contributed by atoms with van der Waals surface area (Å²) in [5.41, 5.74) is 0.681. The number of hydrogen-bond donors (Lipinski definition) is 0. The second-order valence-corrected chi connectivity index (χ2v) is 21.8. The van der Waals surface area contributed by atoms with E-state index in [2.05, 4.69) is 135 Å². The Balaban J connectivity index is 0.0000168. The molecule has 0 saturated heterocycles. The molecule has 9 atom stereocenters. The fourth-order valence-corrected chi connectivity index (χ4v) is 10.0. The van der Waals surface area contributed by atoms with E-state index >= 15 is 0 Å². The first kappa shape index (κ1) is 55.2. The van der Waals surface area contributed by atoms with Crippen molar-refractivity contribution in [3.8, 4) is 0 Å². The Labute approximate surface area is 374 Å². The van der Waals surface area contributed by atoms with Gasteiger partial charge in [-0.2, -0.15) is 0 Å². The van der Waals surface area contributed by atoms with Gasteiger partial charge in [-0.25, -0.2) is 0 Å². The van der Waals surface area contributed by atoms with Crippen molar-refractivity contribution < 1.29 is 44.9 Å². The molecule has 58 heavy (non-hydrogen) atoms. The Morgan fingerprint density at radius 2 is 1.21 bits per heavy atom. The molecular formula is C52H93MoO5-. The minimum absolute atomic E-state index is 0. The van der Waals surface area contributed by atoms with Gasteiger partial charge in [0.2, 0.25) is 0 Å². The topological polar surface area (TPSA) is 61.8 Å². The van der Waals surface area contributed by atoms with E-state index < -0.39 is 11.8 Å². The van der Waals surface area contributed by atoms with E-state index in [1.165, 1.54) is 37.7 Å². The maximum absolute atomic E-state index is 13.5. The van der Waals surface area contributed by atoms with Gasteiger partial charge in [0.1, 0.15) is 0 Å². The molecule has 0 radical (unpaired) electrons. The minimum Gasteiger partial charge on any atom is -0.541 e. The van der Waals surface area contributed by atoms with Crippen molar-refractivity contribution in [3.63, 3.8) is 0 Å². The Morgan fingerprint density at radius 1 is 0.741 bits per heavy atom. The molecule has 0 aliphatic heterocycles. The fourth-order valence-electron chi connectivity index (χ4n) is 10.0. The molecule has 0 aromatic rings. The first-order chi connectivity index (χ1) is 26.5. The Hall–Kier alpha value is -0.772. The minimum atomic E-state index is -0.442. The summed E-state index contributed by atoms with van der Waals surface area (Å²) in [6, 6.07) is 0. The first-order valence-corrected chi connectivity index (χ1v) is 23.6. The van der Waals surface area contributed by atoms with E-state index in [-0.39, 0.29) is 65.8 Å². The summed E-state index contributed by atoms with van der Waals surface area (Å²) in [4.78, 5) is 25.8. The van der Waals surface area contributed by atoms with Gasteiger partial charge in [0.15, 0.2) is 0 Å². The molecule has 6 heteroatoms. The van der Waals surface area contributed by atoms with Crippen LogP contribution in [0.3, 0.4) is 0 Å². The zero-order valence-electron chi connectivity index (χ0n) is 40.9. The Kier molecular flexibility index (Phi) is 23.0. The van der Waals surface area contributed by atoms with E-state index in [0.29, 0.717) is 24.4 Å². The van der Waals surface area contributed by atoms with Gasteiger partial charge in [-0.15, -0.1) is 5.92 Å². The number of esters is 1. The summed E-state index contributed by atoms with van der Waals surface area (Å²) in [5.74, 6) is 0.955. The molecule has 0 spiro atoms. The molecule has 0 N–H and O–H groups in total. The molecule has 2 bridgehead atoms. The van der Waals surface area contributed by atoms with Crippen LogP contribution < -0.4 is 0 Å². The second kappa shape index (κ2) is 24.2. The van der Waals surface area contributed by atoms with Crippen LogP contribution in [0.25, 0.3) is 0 Å². The van der Waals surface area contributed by atoms with Crippen LogP contribution >= 0.6 is 0 Å². The van der Waals surface area contributed by atoms with E-state index in [0.717, 1.165) is 77.4 Å². The number of hydrogen-bond acceptors (Lipinski definition) is 5. The quantitative estimate of drug-likeness (QED) is 0.0324. The molecule has 3 rings (SSSR count). The fraction of sp³-hybridized carbons (Fsp3) is 0.885. The molecule has 3 aliphatic carbocycles. The maximum Gasteiger partial charge on any atom is 0.307 e. The molecule has 9 unspecified atom stereocenters. The molecule has 0 aromatic carbocycles. The van der Waals surface area contributed by atoms with Gasteiger partial charge in [-0.3, -0.25) is 11.1 Å². The number of carbonyl (C=O) groups excluding carboxylic acids is 2. The van der Waals surface area contributed by atoms with Crippen LogP contribution in [0, 0.1) is 57.2 Å². The van der Waals surface area contributed by atoms with E-state index in [9.17, 15) is 9.59 Å². The second-order valence-electron chi connectivity index (χ2n) is 21.8. The summed E-state index contributed by atoms with van der Waals surface area (Å²) in [6.45, 7) is 38.7. The first-order valence-electron chi connectivity index (χ1n) is 23.6. The van der Waals surface area contributed by atoms with E-state index in [4.69, 9.17) is 14.2 Å². The summed E-state index contributed by atoms with van der Waals surface area (Å²) in [5, 5.41) is 0. The van der Waals surface area contributed by atoms with Crippen molar-refractivity contribution >= 4 is 12.3 Å². The third kappa shape index (κ3) is 14.7. The molecule has 0 heterocycles. The van der Waals surface area contributed by atoms with Gasteiger partial charge in [-0.05, 0) is 144 Å². The molecule has 0 amide bonds. The van der Waals surface area contributed by atoms with Gasteiger partial charge >= 0.3 is 5.97 Å². The average molecular weight is 894 g/mol. The summed E-state index contributed by atoms with van der Waals surface area (Å²) in [6.07, 6.45) is 25.3. The monoisotopic (exact) mass is 896 g/mol. The van der Waals surface area contributed by atoms with Crippen LogP contribution in [0.5, 0.6) is 0 Å². The molecule has 0 aromatic heterocycles. The largest absolute Gasteiger partial charge is 0.541 e. The maximum atomic E-state index is 13.5. The molecular weight excluding hydrogens is 801 g/mol. The van der Waals surface area contributed by atoms with Gasteiger partial charge < -0.3 is 19.0 Å². The third-order valence-electron chi connectivity index (χ3n) is 16.3. The van der Waals surface area contributed by atoms with Crippen molar-refractivity contribution in [2.75, 3.05) is 19.8 Å². The number of allylic oxidation sites excluding steroid dienone is 4. The van der Waals surface area contributed by atoms with Crippen molar-refractivity contribution in [2.24, 2.45) is 57.2 Å². The Bertz CT molecular complexity index is 1280. The molecule has 338 valence electrons. The molecule has 3 aliphatic rings. The van der Waals surface area contributed by atoms with Crippen molar-refractivity contribution in [1.82, 2.24) is 0 Å². The van der Waals surface area contributed by atoms with Crippen LogP contribution in [0.1, 0.15) is 207 Å². The van der Waals surface area contributed by atoms with Crippen LogP contribution in [0.2, 0.25) is 0 Å². The van der Waals surface area contributed by atoms with Crippen LogP contribution in [0.4, 0.5) is 0 Å². The number of rotatable bonds is 29. The SMILES string of the molecule is CCC(C)(OCCC(C)CCC=C(C)C)C(C)(C)CCCC(C)CCOC(C)(CC)C(C)(C)CCCC(C)CCOC(=O)C1C([C-]=O)C2(C(C)C)C=CC1(C)CC2.[Mo]. The summed E-state index contributed by atoms with van der Waals surface area (Å²) in [7, 11) is 0. The smallest absolute Gasteiger partial charge is 0.307 e. The third-order valence-corrected chi connectivity index (χ3v) is 16.3. The van der Waals surface area contributed by atoms with Crippen LogP contribution in [-0.2, 0) is 44.9 Å². The molecule has 5 nitrogen and oxygen atoms in total. The van der Waals surface area contributed by atoms with E-state index in [1.54, 1.807) is 0 Å². The molecule has 1 fully saturated rings. The predicted molar refractivity (Wildman–Crippen MR) is 242 cm³/mol. The zero-order chi connectivity index (χ0) is 43.3. The van der Waals surface area contributed by atoms with Crippen molar-refractivity contribution in [2.45, 2.75) is 218 Å². The number of carbonyl (C=O) groups is 1. The van der Waals surface area contributed by atoms with Crippen molar-refractivity contribution in [3.05, 3.63) is 23.8 Å². The molecule has 1 saturated carbocycles. The van der Waals surface area contributed by atoms with Gasteiger partial charge in [-0.1, -0.05) is 133 Å². The summed E-state index contributed by atoms with van der Waals surface area (Å²) < 4.78 is 19.4. The van der Waals surface area contributed by atoms with Crippen LogP contribution in [0.15, 0.2) is 23.8 Å². The number of fused-ring (bicyclic) bond motifs is 2. The Morgan fingerprint density at radius 3 is 1.60 bits per heavy atom. The van der Waals surface area contributed by atoms with Gasteiger partial charge in [0.05, 0.1) is 17.8 Å². The average Bonchev–Trinajstić information content (AvgIpc) is 3.13. The van der Waals surface area contributed by atoms with Crippen molar-refractivity contribution in [1.29, 1.82) is 0 Å². The van der Waals surface area contributed by atoms with Gasteiger partial charge in [0.25, 0.3) is 0 Å². The van der Waals surface area contributed by atoms with Gasteiger partial charge in [0, 0.05) is 40.2 Å². The standard InChI is InChI=1S/C52H93O5.Mo/c1-17-50(15,56-36-27-41(7)23-19-22-39(3)4)48(12,13)30-21-25-43(9)28-37-57-51(16,18-2)47(10,11)29-20-24-42(8)26-35-55-46(54)45-44(38-53)52(40(5)6)33-31-49(45,14)32-34-52;/h22,31,33,40-45H,17-21,23-30,32,34-37H2,1-16H3;/q-1;. The summed E-state index contributed by atoms with van der Waals surface area (Å²) >= 11 is 0. The normalized spacial score (nSPS) is 25.6. The predicted octanol–water partition coefficient (Wildman–Crippen LogP) is 14.5. The van der Waals surface area contributed by atoms with E-state index in [1.807, 2.05) is 0 Å².